The number of hydrogen-bond acceptors (Lipinski definition) is 2. The Kier molecular flexibility index (Phi) is 5.09. The molecule has 3 aromatic carbocycles. The summed E-state index contributed by atoms with van der Waals surface area (Å²) in [6.45, 7) is -2.58. The summed E-state index contributed by atoms with van der Waals surface area (Å²) in [4.78, 5) is 12.0. The van der Waals surface area contributed by atoms with Gasteiger partial charge in [0, 0.05) is 12.2 Å². The van der Waals surface area contributed by atoms with E-state index in [2.05, 4.69) is 15.4 Å². The Morgan fingerprint density at radius 2 is 1.68 bits per heavy atom. The maximum absolute atomic E-state index is 12.1. The fourth-order valence-corrected chi connectivity index (χ4v) is 2.41. The Labute approximate surface area is 143 Å². The van der Waals surface area contributed by atoms with Gasteiger partial charge >= 0.3 is 12.6 Å². The molecule has 3 rings (SSSR count). The lowest BCUT2D eigenvalue weighted by Crippen LogP contribution is -2.28. The molecule has 0 aromatic heterocycles. The van der Waals surface area contributed by atoms with E-state index in [0.29, 0.717) is 5.69 Å². The second-order valence-corrected chi connectivity index (χ2v) is 5.39. The fraction of sp³-hybridized carbons (Fsp3) is 0.105. The number of halogens is 2. The summed E-state index contributed by atoms with van der Waals surface area (Å²) in [5.74, 6) is 0.0827. The molecular weight excluding hydrogens is 326 g/mol. The summed E-state index contributed by atoms with van der Waals surface area (Å²) >= 11 is 0. The number of amides is 2. The molecule has 25 heavy (non-hydrogen) atoms. The van der Waals surface area contributed by atoms with Gasteiger partial charge < -0.3 is 15.4 Å². The van der Waals surface area contributed by atoms with Crippen LogP contribution in [0.2, 0.25) is 0 Å². The second-order valence-electron chi connectivity index (χ2n) is 5.39. The van der Waals surface area contributed by atoms with Crippen molar-refractivity contribution in [2.24, 2.45) is 0 Å². The molecule has 128 valence electrons. The molecule has 2 amide bonds. The van der Waals surface area contributed by atoms with Crippen LogP contribution in [0.15, 0.2) is 66.7 Å². The normalized spacial score (nSPS) is 10.7. The summed E-state index contributed by atoms with van der Waals surface area (Å²) in [7, 11) is 0. The molecule has 0 unspecified atom stereocenters. The second kappa shape index (κ2) is 7.61. The van der Waals surface area contributed by atoms with E-state index < -0.39 is 6.61 Å². The van der Waals surface area contributed by atoms with Crippen molar-refractivity contribution in [2.75, 3.05) is 5.32 Å². The molecule has 0 bridgehead atoms. The predicted octanol–water partition coefficient (Wildman–Crippen LogP) is 4.76. The van der Waals surface area contributed by atoms with E-state index in [9.17, 15) is 13.6 Å². The fourth-order valence-electron chi connectivity index (χ4n) is 2.41. The first kappa shape index (κ1) is 16.7. The first-order chi connectivity index (χ1) is 12.1. The molecule has 0 aliphatic rings. The van der Waals surface area contributed by atoms with Gasteiger partial charge in [0.1, 0.15) is 5.75 Å². The molecule has 0 atom stereocenters. The Balaban J connectivity index is 1.55. The van der Waals surface area contributed by atoms with Crippen LogP contribution >= 0.6 is 0 Å². The lowest BCUT2D eigenvalue weighted by Gasteiger charge is -2.09. The average molecular weight is 342 g/mol. The van der Waals surface area contributed by atoms with Crippen LogP contribution in [0.5, 0.6) is 5.75 Å². The first-order valence-corrected chi connectivity index (χ1v) is 7.67. The molecular formula is C19H16F2N2O2. The number of carbonyl (C=O) groups excluding carboxylic acids is 1. The summed E-state index contributed by atoms with van der Waals surface area (Å²) in [6.07, 6.45) is 0. The van der Waals surface area contributed by atoms with Crippen LogP contribution in [0, 0.1) is 0 Å². The highest BCUT2D eigenvalue weighted by Crippen LogP contribution is 2.19. The maximum atomic E-state index is 12.1. The molecule has 0 aliphatic heterocycles. The number of benzene rings is 3. The quantitative estimate of drug-likeness (QED) is 0.702. The maximum Gasteiger partial charge on any atom is 0.387 e. The highest BCUT2D eigenvalue weighted by molar-refractivity contribution is 5.93. The number of urea groups is 1. The van der Waals surface area contributed by atoms with Crippen molar-refractivity contribution in [1.82, 2.24) is 5.32 Å². The largest absolute Gasteiger partial charge is 0.435 e. The number of ether oxygens (including phenoxy) is 1. The third-order valence-corrected chi connectivity index (χ3v) is 3.61. The van der Waals surface area contributed by atoms with Crippen LogP contribution in [0.1, 0.15) is 5.56 Å². The first-order valence-electron chi connectivity index (χ1n) is 7.67. The summed E-state index contributed by atoms with van der Waals surface area (Å²) in [6, 6.07) is 19.3. The highest BCUT2D eigenvalue weighted by atomic mass is 19.3. The van der Waals surface area contributed by atoms with Crippen LogP contribution in [-0.4, -0.2) is 12.6 Å². The van der Waals surface area contributed by atoms with Crippen molar-refractivity contribution in [3.63, 3.8) is 0 Å². The topological polar surface area (TPSA) is 50.4 Å². The predicted molar refractivity (Wildman–Crippen MR) is 92.9 cm³/mol. The zero-order valence-corrected chi connectivity index (χ0v) is 13.2. The van der Waals surface area contributed by atoms with E-state index in [1.807, 2.05) is 42.5 Å². The van der Waals surface area contributed by atoms with E-state index >= 15 is 0 Å². The summed E-state index contributed by atoms with van der Waals surface area (Å²) in [5.41, 5.74) is 1.46. The Morgan fingerprint density at radius 1 is 0.960 bits per heavy atom. The van der Waals surface area contributed by atoms with Crippen LogP contribution < -0.4 is 15.4 Å². The smallest absolute Gasteiger partial charge is 0.387 e. The Morgan fingerprint density at radius 3 is 2.40 bits per heavy atom. The van der Waals surface area contributed by atoms with E-state index in [1.165, 1.54) is 12.1 Å². The number of nitrogens with one attached hydrogen (secondary N) is 2. The number of carbonyl (C=O) groups is 1. The molecule has 0 heterocycles. The van der Waals surface area contributed by atoms with Crippen LogP contribution in [-0.2, 0) is 6.54 Å². The van der Waals surface area contributed by atoms with Gasteiger partial charge in [-0.3, -0.25) is 0 Å². The number of anilines is 1. The zero-order chi connectivity index (χ0) is 17.6. The van der Waals surface area contributed by atoms with Gasteiger partial charge in [-0.15, -0.1) is 0 Å². The number of alkyl halides is 2. The molecule has 4 nitrogen and oxygen atoms in total. The molecule has 3 aromatic rings. The van der Waals surface area contributed by atoms with Crippen molar-refractivity contribution in [3.05, 3.63) is 72.3 Å². The van der Waals surface area contributed by atoms with Gasteiger partial charge in [0.05, 0.1) is 0 Å². The van der Waals surface area contributed by atoms with E-state index in [-0.39, 0.29) is 18.3 Å². The van der Waals surface area contributed by atoms with Crippen molar-refractivity contribution >= 4 is 22.5 Å². The molecule has 0 fully saturated rings. The molecule has 0 saturated heterocycles. The van der Waals surface area contributed by atoms with Crippen LogP contribution in [0.3, 0.4) is 0 Å². The molecule has 6 heteroatoms. The number of fused-ring (bicyclic) bond motifs is 1. The Bertz CT molecular complexity index is 867. The minimum absolute atomic E-state index is 0.0827. The third-order valence-electron chi connectivity index (χ3n) is 3.61. The molecule has 0 aliphatic carbocycles. The summed E-state index contributed by atoms with van der Waals surface area (Å²) < 4.78 is 28.5. The summed E-state index contributed by atoms with van der Waals surface area (Å²) in [5, 5.41) is 7.62. The van der Waals surface area contributed by atoms with Gasteiger partial charge in [0.2, 0.25) is 0 Å². The lowest BCUT2D eigenvalue weighted by molar-refractivity contribution is -0.0498. The average Bonchev–Trinajstić information content (AvgIpc) is 2.60. The van der Waals surface area contributed by atoms with E-state index in [0.717, 1.165) is 16.3 Å². The molecule has 0 radical (unpaired) electrons. The monoisotopic (exact) mass is 342 g/mol. The van der Waals surface area contributed by atoms with Crippen LogP contribution in [0.25, 0.3) is 10.8 Å². The standard InChI is InChI=1S/C19H16F2N2O2/c20-18(21)25-17-9-5-13(6-10-17)12-22-19(24)23-16-8-7-14-3-1-2-4-15(14)11-16/h1-11,18H,12H2,(H2,22,23,24). The van der Waals surface area contributed by atoms with Gasteiger partial charge in [-0.1, -0.05) is 42.5 Å². The van der Waals surface area contributed by atoms with Gasteiger partial charge in [-0.05, 0) is 40.6 Å². The zero-order valence-electron chi connectivity index (χ0n) is 13.2. The van der Waals surface area contributed by atoms with E-state index in [4.69, 9.17) is 0 Å². The van der Waals surface area contributed by atoms with Gasteiger partial charge in [0.15, 0.2) is 0 Å². The SMILES string of the molecule is O=C(NCc1ccc(OC(F)F)cc1)Nc1ccc2ccccc2c1. The van der Waals surface area contributed by atoms with Gasteiger partial charge in [0.25, 0.3) is 0 Å². The molecule has 0 saturated carbocycles. The molecule has 0 spiro atoms. The van der Waals surface area contributed by atoms with Crippen molar-refractivity contribution in [2.45, 2.75) is 13.2 Å². The van der Waals surface area contributed by atoms with Crippen LogP contribution in [0.4, 0.5) is 19.3 Å². The van der Waals surface area contributed by atoms with Crippen molar-refractivity contribution in [3.8, 4) is 5.75 Å². The molecule has 2 N–H and O–H groups in total. The Hall–Kier alpha value is -3.15. The number of rotatable bonds is 5. The third kappa shape index (κ3) is 4.67. The minimum Gasteiger partial charge on any atom is -0.435 e. The lowest BCUT2D eigenvalue weighted by atomic mass is 10.1. The minimum atomic E-state index is -2.85. The van der Waals surface area contributed by atoms with Crippen molar-refractivity contribution < 1.29 is 18.3 Å². The van der Waals surface area contributed by atoms with Gasteiger partial charge in [-0.2, -0.15) is 8.78 Å². The van der Waals surface area contributed by atoms with Gasteiger partial charge in [-0.25, -0.2) is 4.79 Å². The number of hydrogen-bond donors (Lipinski definition) is 2. The van der Waals surface area contributed by atoms with E-state index in [1.54, 1.807) is 12.1 Å². The highest BCUT2D eigenvalue weighted by Gasteiger charge is 2.05. The van der Waals surface area contributed by atoms with Crippen molar-refractivity contribution in [1.29, 1.82) is 0 Å².